The van der Waals surface area contributed by atoms with Crippen LogP contribution in [0.15, 0.2) is 71.3 Å². The average Bonchev–Trinajstić information content (AvgIpc) is 3.18. The van der Waals surface area contributed by atoms with Crippen molar-refractivity contribution >= 4 is 28.9 Å². The van der Waals surface area contributed by atoms with Crippen LogP contribution < -0.4 is 10.6 Å². The Kier molecular flexibility index (Phi) is 5.85. The molecule has 8 heteroatoms. The summed E-state index contributed by atoms with van der Waals surface area (Å²) in [5, 5.41) is 16.8. The fraction of sp³-hybridized carbons (Fsp3) is 0.105. The van der Waals surface area contributed by atoms with Gasteiger partial charge in [0.25, 0.3) is 5.69 Å². The van der Waals surface area contributed by atoms with Crippen molar-refractivity contribution in [2.24, 2.45) is 0 Å². The number of nitrogens with one attached hydrogen (secondary N) is 2. The summed E-state index contributed by atoms with van der Waals surface area (Å²) in [5.74, 6) is 0.348. The van der Waals surface area contributed by atoms with Crippen LogP contribution in [0.25, 0.3) is 0 Å². The number of halogens is 1. The Balaban J connectivity index is 1.79. The van der Waals surface area contributed by atoms with Crippen molar-refractivity contribution in [3.8, 4) is 0 Å². The monoisotopic (exact) mass is 385 g/mol. The van der Waals surface area contributed by atoms with E-state index in [1.807, 2.05) is 30.3 Å². The summed E-state index contributed by atoms with van der Waals surface area (Å²) < 4.78 is 5.29. The first-order valence-corrected chi connectivity index (χ1v) is 8.48. The van der Waals surface area contributed by atoms with Gasteiger partial charge in [-0.2, -0.15) is 0 Å². The van der Waals surface area contributed by atoms with Crippen molar-refractivity contribution in [1.29, 1.82) is 0 Å². The third-order valence-electron chi connectivity index (χ3n) is 3.88. The zero-order valence-corrected chi connectivity index (χ0v) is 14.8. The standard InChI is InChI=1S/C19H16ClN3O4/c20-16-11-14(23(25)26)8-9-17(16)22-19(24)18(13-5-2-1-3-6-13)21-12-15-7-4-10-27-15/h1-11,18,21H,12H2,(H,22,24)/t18-/m0/s1. The quantitative estimate of drug-likeness (QED) is 0.466. The Morgan fingerprint density at radius 3 is 2.56 bits per heavy atom. The lowest BCUT2D eigenvalue weighted by Crippen LogP contribution is -2.32. The number of hydrogen-bond acceptors (Lipinski definition) is 5. The Morgan fingerprint density at radius 1 is 1.15 bits per heavy atom. The Morgan fingerprint density at radius 2 is 1.93 bits per heavy atom. The summed E-state index contributed by atoms with van der Waals surface area (Å²) in [4.78, 5) is 23.1. The van der Waals surface area contributed by atoms with Crippen LogP contribution in [0.5, 0.6) is 0 Å². The summed E-state index contributed by atoms with van der Waals surface area (Å²) in [6.07, 6.45) is 1.56. The molecular formula is C19H16ClN3O4. The number of nitrogens with zero attached hydrogens (tertiary/aromatic N) is 1. The molecule has 27 heavy (non-hydrogen) atoms. The second-order valence-electron chi connectivity index (χ2n) is 5.71. The topological polar surface area (TPSA) is 97.4 Å². The SMILES string of the molecule is O=C(Nc1ccc([N+](=O)[O-])cc1Cl)[C@@H](NCc1ccco1)c1ccccc1. The first kappa shape index (κ1) is 18.6. The molecule has 0 aliphatic rings. The van der Waals surface area contributed by atoms with E-state index in [9.17, 15) is 14.9 Å². The highest BCUT2D eigenvalue weighted by Gasteiger charge is 2.22. The van der Waals surface area contributed by atoms with Gasteiger partial charge in [-0.05, 0) is 23.8 Å². The number of carbonyl (C=O) groups excluding carboxylic acids is 1. The van der Waals surface area contributed by atoms with E-state index in [2.05, 4.69) is 10.6 Å². The maximum absolute atomic E-state index is 12.8. The van der Waals surface area contributed by atoms with Crippen LogP contribution in [0.1, 0.15) is 17.4 Å². The van der Waals surface area contributed by atoms with Crippen molar-refractivity contribution in [1.82, 2.24) is 5.32 Å². The van der Waals surface area contributed by atoms with Crippen LogP contribution in [0.3, 0.4) is 0 Å². The van der Waals surface area contributed by atoms with Gasteiger partial charge in [0, 0.05) is 12.1 Å². The smallest absolute Gasteiger partial charge is 0.271 e. The normalized spacial score (nSPS) is 11.7. The zero-order valence-electron chi connectivity index (χ0n) is 14.1. The predicted molar refractivity (Wildman–Crippen MR) is 101 cm³/mol. The number of amides is 1. The summed E-state index contributed by atoms with van der Waals surface area (Å²) >= 11 is 6.07. The molecule has 0 spiro atoms. The minimum atomic E-state index is -0.664. The molecule has 1 heterocycles. The van der Waals surface area contributed by atoms with E-state index in [4.69, 9.17) is 16.0 Å². The molecule has 2 aromatic carbocycles. The zero-order chi connectivity index (χ0) is 19.2. The summed E-state index contributed by atoms with van der Waals surface area (Å²) in [6, 6.07) is 16.0. The molecule has 7 nitrogen and oxygen atoms in total. The molecule has 0 aliphatic carbocycles. The van der Waals surface area contributed by atoms with Gasteiger partial charge in [0.15, 0.2) is 0 Å². The van der Waals surface area contributed by atoms with E-state index in [1.165, 1.54) is 18.2 Å². The number of carbonyl (C=O) groups is 1. The fourth-order valence-corrected chi connectivity index (χ4v) is 2.77. The van der Waals surface area contributed by atoms with Gasteiger partial charge in [0.2, 0.25) is 5.91 Å². The number of anilines is 1. The summed E-state index contributed by atoms with van der Waals surface area (Å²) in [5.41, 5.74) is 0.918. The molecule has 0 aliphatic heterocycles. The molecule has 0 saturated heterocycles. The number of benzene rings is 2. The third-order valence-corrected chi connectivity index (χ3v) is 4.19. The Bertz CT molecular complexity index is 929. The van der Waals surface area contributed by atoms with Gasteiger partial charge in [-0.1, -0.05) is 41.9 Å². The number of furan rings is 1. The van der Waals surface area contributed by atoms with E-state index in [-0.39, 0.29) is 16.6 Å². The molecule has 3 rings (SSSR count). The van der Waals surface area contributed by atoms with Gasteiger partial charge in [-0.3, -0.25) is 20.2 Å². The van der Waals surface area contributed by atoms with Crippen LogP contribution in [0, 0.1) is 10.1 Å². The highest BCUT2D eigenvalue weighted by atomic mass is 35.5. The molecule has 0 saturated carbocycles. The number of non-ortho nitro benzene ring substituents is 1. The van der Waals surface area contributed by atoms with E-state index in [0.29, 0.717) is 18.0 Å². The highest BCUT2D eigenvalue weighted by molar-refractivity contribution is 6.34. The van der Waals surface area contributed by atoms with Crippen LogP contribution in [-0.4, -0.2) is 10.8 Å². The van der Waals surface area contributed by atoms with Crippen molar-refractivity contribution < 1.29 is 14.1 Å². The first-order valence-electron chi connectivity index (χ1n) is 8.10. The number of hydrogen-bond donors (Lipinski definition) is 2. The molecular weight excluding hydrogens is 370 g/mol. The lowest BCUT2D eigenvalue weighted by molar-refractivity contribution is -0.384. The largest absolute Gasteiger partial charge is 0.468 e. The molecule has 0 bridgehead atoms. The van der Waals surface area contributed by atoms with Crippen molar-refractivity contribution in [2.45, 2.75) is 12.6 Å². The molecule has 1 aromatic heterocycles. The average molecular weight is 386 g/mol. The Hall–Kier alpha value is -3.16. The maximum atomic E-state index is 12.8. The number of nitro benzene ring substituents is 1. The molecule has 0 unspecified atom stereocenters. The highest BCUT2D eigenvalue weighted by Crippen LogP contribution is 2.27. The van der Waals surface area contributed by atoms with Gasteiger partial charge in [0.05, 0.1) is 28.4 Å². The van der Waals surface area contributed by atoms with Gasteiger partial charge in [0.1, 0.15) is 11.8 Å². The number of nitro groups is 1. The predicted octanol–water partition coefficient (Wildman–Crippen LogP) is 4.31. The van der Waals surface area contributed by atoms with Crippen LogP contribution in [-0.2, 0) is 11.3 Å². The van der Waals surface area contributed by atoms with Crippen molar-refractivity contribution in [2.75, 3.05) is 5.32 Å². The minimum Gasteiger partial charge on any atom is -0.468 e. The van der Waals surface area contributed by atoms with E-state index >= 15 is 0 Å². The molecule has 0 radical (unpaired) electrons. The second-order valence-corrected chi connectivity index (χ2v) is 6.12. The van der Waals surface area contributed by atoms with Gasteiger partial charge >= 0.3 is 0 Å². The molecule has 3 aromatic rings. The van der Waals surface area contributed by atoms with E-state index in [1.54, 1.807) is 18.4 Å². The third kappa shape index (κ3) is 4.72. The van der Waals surface area contributed by atoms with Crippen molar-refractivity contribution in [3.05, 3.63) is 93.4 Å². The lowest BCUT2D eigenvalue weighted by atomic mass is 10.1. The van der Waals surface area contributed by atoms with Crippen molar-refractivity contribution in [3.63, 3.8) is 0 Å². The summed E-state index contributed by atoms with van der Waals surface area (Å²) in [6.45, 7) is 0.355. The van der Waals surface area contributed by atoms with E-state index in [0.717, 1.165) is 5.56 Å². The molecule has 2 N–H and O–H groups in total. The van der Waals surface area contributed by atoms with Crippen LogP contribution >= 0.6 is 11.6 Å². The van der Waals surface area contributed by atoms with E-state index < -0.39 is 11.0 Å². The molecule has 1 amide bonds. The Labute approximate surface area is 160 Å². The minimum absolute atomic E-state index is 0.0930. The molecule has 138 valence electrons. The van der Waals surface area contributed by atoms with Gasteiger partial charge < -0.3 is 9.73 Å². The molecule has 0 fully saturated rings. The summed E-state index contributed by atoms with van der Waals surface area (Å²) in [7, 11) is 0. The van der Waals surface area contributed by atoms with Crippen LogP contribution in [0.4, 0.5) is 11.4 Å². The van der Waals surface area contributed by atoms with Crippen LogP contribution in [0.2, 0.25) is 5.02 Å². The van der Waals surface area contributed by atoms with Gasteiger partial charge in [-0.25, -0.2) is 0 Å². The lowest BCUT2D eigenvalue weighted by Gasteiger charge is -2.19. The fourth-order valence-electron chi connectivity index (χ4n) is 2.55. The maximum Gasteiger partial charge on any atom is 0.271 e. The van der Waals surface area contributed by atoms with Gasteiger partial charge in [-0.15, -0.1) is 0 Å². The molecule has 1 atom stereocenters. The number of rotatable bonds is 7. The second kappa shape index (κ2) is 8.48. The first-order chi connectivity index (χ1) is 13.0.